The Balaban J connectivity index is 3.19. The minimum atomic E-state index is -0.911. The molecule has 0 bridgehead atoms. The fourth-order valence-corrected chi connectivity index (χ4v) is 1.25. The molecule has 1 rings (SSSR count). The maximum Gasteiger partial charge on any atom is 0.105 e. The summed E-state index contributed by atoms with van der Waals surface area (Å²) in [6.07, 6.45) is 1.55. The van der Waals surface area contributed by atoms with Gasteiger partial charge in [-0.05, 0) is 25.0 Å². The highest BCUT2D eigenvalue weighted by Gasteiger charge is 2.19. The molecule has 1 atom stereocenters. The van der Waals surface area contributed by atoms with Crippen molar-refractivity contribution in [1.82, 2.24) is 0 Å². The van der Waals surface area contributed by atoms with Gasteiger partial charge in [-0.15, -0.1) is 0 Å². The van der Waals surface area contributed by atoms with Crippen LogP contribution in [-0.4, -0.2) is 5.11 Å². The second-order valence-electron chi connectivity index (χ2n) is 3.17. The lowest BCUT2D eigenvalue weighted by molar-refractivity contribution is 0.111. The van der Waals surface area contributed by atoms with Gasteiger partial charge in [0.25, 0.3) is 0 Å². The molecule has 1 nitrogen and oxygen atoms in total. The molecule has 0 aliphatic carbocycles. The maximum absolute atomic E-state index is 9.86. The van der Waals surface area contributed by atoms with Crippen molar-refractivity contribution in [2.75, 3.05) is 0 Å². The number of hydrogen-bond donors (Lipinski definition) is 1. The summed E-state index contributed by atoms with van der Waals surface area (Å²) in [5.41, 5.74) is 1.09. The molecule has 1 aromatic carbocycles. The first-order valence-corrected chi connectivity index (χ1v) is 4.00. The number of aliphatic hydroxyl groups is 1. The quantitative estimate of drug-likeness (QED) is 0.662. The third-order valence-corrected chi connectivity index (χ3v) is 2.09. The van der Waals surface area contributed by atoms with Crippen LogP contribution in [0.3, 0.4) is 0 Å². The predicted molar refractivity (Wildman–Crippen MR) is 50.9 cm³/mol. The molecule has 64 valence electrons. The van der Waals surface area contributed by atoms with Crippen LogP contribution < -0.4 is 0 Å². The summed E-state index contributed by atoms with van der Waals surface area (Å²) in [5, 5.41) is 9.86. The van der Waals surface area contributed by atoms with E-state index in [0.29, 0.717) is 0 Å². The minimum Gasteiger partial charge on any atom is -0.381 e. The summed E-state index contributed by atoms with van der Waals surface area (Å²) in [6.45, 7) is 7.32. The van der Waals surface area contributed by atoms with Gasteiger partial charge in [0.05, 0.1) is 0 Å². The van der Waals surface area contributed by atoms with Crippen molar-refractivity contribution < 1.29 is 5.11 Å². The van der Waals surface area contributed by atoms with Crippen LogP contribution >= 0.6 is 0 Å². The second kappa shape index (κ2) is 3.11. The standard InChI is InChI=1S/C11H14O/c1-4-11(3,12)10-8-6-5-7-9(10)2/h4-8,12H,1H2,2-3H3. The van der Waals surface area contributed by atoms with Gasteiger partial charge in [0.2, 0.25) is 0 Å². The second-order valence-corrected chi connectivity index (χ2v) is 3.17. The van der Waals surface area contributed by atoms with E-state index in [1.807, 2.05) is 31.2 Å². The highest BCUT2D eigenvalue weighted by molar-refractivity contribution is 5.33. The Bertz CT molecular complexity index is 287. The Labute approximate surface area is 73.4 Å². The number of hydrogen-bond acceptors (Lipinski definition) is 1. The summed E-state index contributed by atoms with van der Waals surface area (Å²) in [6, 6.07) is 7.77. The van der Waals surface area contributed by atoms with Gasteiger partial charge in [0, 0.05) is 0 Å². The Hall–Kier alpha value is -1.08. The van der Waals surface area contributed by atoms with Crippen molar-refractivity contribution in [3.63, 3.8) is 0 Å². The lowest BCUT2D eigenvalue weighted by Crippen LogP contribution is -2.18. The first-order valence-electron chi connectivity index (χ1n) is 4.00. The zero-order chi connectivity index (χ0) is 9.19. The molecule has 1 aromatic rings. The molecule has 0 spiro atoms. The minimum absolute atomic E-state index is 0.911. The molecule has 0 fully saturated rings. The third kappa shape index (κ3) is 1.56. The highest BCUT2D eigenvalue weighted by atomic mass is 16.3. The van der Waals surface area contributed by atoms with Gasteiger partial charge in [-0.1, -0.05) is 36.9 Å². The molecular weight excluding hydrogens is 148 g/mol. The highest BCUT2D eigenvalue weighted by Crippen LogP contribution is 2.24. The normalized spacial score (nSPS) is 15.2. The van der Waals surface area contributed by atoms with E-state index < -0.39 is 5.60 Å². The van der Waals surface area contributed by atoms with Crippen molar-refractivity contribution in [2.24, 2.45) is 0 Å². The van der Waals surface area contributed by atoms with Gasteiger partial charge in [-0.3, -0.25) is 0 Å². The Morgan fingerprint density at radius 1 is 1.42 bits per heavy atom. The van der Waals surface area contributed by atoms with Crippen molar-refractivity contribution in [1.29, 1.82) is 0 Å². The SMILES string of the molecule is C=CC(C)(O)c1ccccc1C. The lowest BCUT2D eigenvalue weighted by atomic mass is 9.92. The summed E-state index contributed by atoms with van der Waals surface area (Å²) in [4.78, 5) is 0. The Morgan fingerprint density at radius 3 is 2.50 bits per heavy atom. The summed E-state index contributed by atoms with van der Waals surface area (Å²) in [5.74, 6) is 0. The maximum atomic E-state index is 9.86. The van der Waals surface area contributed by atoms with Crippen LogP contribution in [0.4, 0.5) is 0 Å². The fraction of sp³-hybridized carbons (Fsp3) is 0.273. The first-order chi connectivity index (χ1) is 5.58. The molecule has 12 heavy (non-hydrogen) atoms. The van der Waals surface area contributed by atoms with E-state index in [1.54, 1.807) is 13.0 Å². The average Bonchev–Trinajstić information content (AvgIpc) is 2.05. The van der Waals surface area contributed by atoms with Crippen LogP contribution in [-0.2, 0) is 5.60 Å². The van der Waals surface area contributed by atoms with Crippen LogP contribution in [0, 0.1) is 6.92 Å². The van der Waals surface area contributed by atoms with Crippen LogP contribution in [0.5, 0.6) is 0 Å². The monoisotopic (exact) mass is 162 g/mol. The van der Waals surface area contributed by atoms with Gasteiger partial charge in [0.1, 0.15) is 5.60 Å². The van der Waals surface area contributed by atoms with Crippen LogP contribution in [0.2, 0.25) is 0 Å². The number of rotatable bonds is 2. The molecule has 1 heteroatoms. The molecule has 0 aromatic heterocycles. The smallest absolute Gasteiger partial charge is 0.105 e. The topological polar surface area (TPSA) is 20.2 Å². The zero-order valence-corrected chi connectivity index (χ0v) is 7.54. The summed E-state index contributed by atoms with van der Waals surface area (Å²) in [7, 11) is 0. The molecular formula is C11H14O. The molecule has 1 unspecified atom stereocenters. The molecule has 0 saturated carbocycles. The van der Waals surface area contributed by atoms with Crippen LogP contribution in [0.1, 0.15) is 18.1 Å². The van der Waals surface area contributed by atoms with Crippen molar-refractivity contribution in [3.8, 4) is 0 Å². The molecule has 0 radical (unpaired) electrons. The number of benzene rings is 1. The van der Waals surface area contributed by atoms with Gasteiger partial charge < -0.3 is 5.11 Å². The summed E-state index contributed by atoms with van der Waals surface area (Å²) < 4.78 is 0. The predicted octanol–water partition coefficient (Wildman–Crippen LogP) is 2.39. The molecule has 0 aliphatic rings. The largest absolute Gasteiger partial charge is 0.381 e. The average molecular weight is 162 g/mol. The zero-order valence-electron chi connectivity index (χ0n) is 7.54. The molecule has 0 amide bonds. The lowest BCUT2D eigenvalue weighted by Gasteiger charge is -2.20. The fourth-order valence-electron chi connectivity index (χ4n) is 1.25. The third-order valence-electron chi connectivity index (χ3n) is 2.09. The summed E-state index contributed by atoms with van der Waals surface area (Å²) >= 11 is 0. The van der Waals surface area contributed by atoms with E-state index in [0.717, 1.165) is 11.1 Å². The Kier molecular flexibility index (Phi) is 2.34. The van der Waals surface area contributed by atoms with Crippen LogP contribution in [0.15, 0.2) is 36.9 Å². The van der Waals surface area contributed by atoms with Gasteiger partial charge >= 0.3 is 0 Å². The van der Waals surface area contributed by atoms with Gasteiger partial charge in [-0.2, -0.15) is 0 Å². The van der Waals surface area contributed by atoms with E-state index in [2.05, 4.69) is 6.58 Å². The molecule has 0 heterocycles. The van der Waals surface area contributed by atoms with Gasteiger partial charge in [0.15, 0.2) is 0 Å². The Morgan fingerprint density at radius 2 is 2.00 bits per heavy atom. The van der Waals surface area contributed by atoms with Crippen molar-refractivity contribution in [3.05, 3.63) is 48.0 Å². The van der Waals surface area contributed by atoms with Gasteiger partial charge in [-0.25, -0.2) is 0 Å². The van der Waals surface area contributed by atoms with E-state index in [9.17, 15) is 5.11 Å². The van der Waals surface area contributed by atoms with E-state index in [1.165, 1.54) is 0 Å². The first kappa shape index (κ1) is 9.01. The van der Waals surface area contributed by atoms with E-state index in [-0.39, 0.29) is 0 Å². The van der Waals surface area contributed by atoms with E-state index >= 15 is 0 Å². The molecule has 0 saturated heterocycles. The molecule has 1 N–H and O–H groups in total. The molecule has 0 aliphatic heterocycles. The van der Waals surface area contributed by atoms with Crippen LogP contribution in [0.25, 0.3) is 0 Å². The van der Waals surface area contributed by atoms with E-state index in [4.69, 9.17) is 0 Å². The van der Waals surface area contributed by atoms with Crippen molar-refractivity contribution >= 4 is 0 Å². The number of aryl methyl sites for hydroxylation is 1. The van der Waals surface area contributed by atoms with Crippen molar-refractivity contribution in [2.45, 2.75) is 19.4 Å².